The molecule has 0 spiro atoms. The van der Waals surface area contributed by atoms with Crippen LogP contribution in [-0.2, 0) is 6.54 Å². The number of allylic oxidation sites excluding steroid dienone is 1. The second kappa shape index (κ2) is 11.4. The average molecular weight is 426 g/mol. The van der Waals surface area contributed by atoms with Gasteiger partial charge in [-0.2, -0.15) is 0 Å². The van der Waals surface area contributed by atoms with Gasteiger partial charge in [-0.3, -0.25) is 4.90 Å². The zero-order chi connectivity index (χ0) is 22.1. The molecule has 0 radical (unpaired) electrons. The van der Waals surface area contributed by atoms with Crippen molar-refractivity contribution in [2.24, 2.45) is 5.92 Å². The van der Waals surface area contributed by atoms with Gasteiger partial charge in [0.15, 0.2) is 0 Å². The van der Waals surface area contributed by atoms with Crippen molar-refractivity contribution in [3.8, 4) is 11.5 Å². The number of phenolic OH excluding ortho intramolecular Hbond substituents is 1. The average Bonchev–Trinajstić information content (AvgIpc) is 2.71. The maximum absolute atomic E-state index is 9.55. The smallest absolute Gasteiger partial charge is 0.124 e. The fourth-order valence-electron chi connectivity index (χ4n) is 3.75. The molecule has 4 heteroatoms. The Hall–Kier alpha value is -2.04. The third-order valence-electron chi connectivity index (χ3n) is 5.54. The maximum atomic E-state index is 9.55. The van der Waals surface area contributed by atoms with Gasteiger partial charge in [-0.15, -0.1) is 0 Å². The summed E-state index contributed by atoms with van der Waals surface area (Å²) < 4.78 is 6.25. The SMILES string of the molecule is C/C=C/C(CC(C)C)N(CC)Cc1cccc(OC[Si](C)(C)c2ccc(O)cc2)c1. The first-order valence-corrected chi connectivity index (χ1v) is 14.3. The van der Waals surface area contributed by atoms with Gasteiger partial charge >= 0.3 is 0 Å². The standard InChI is InChI=1S/C26H39NO2Si/c1-7-10-23(17-21(3)4)27(8-2)19-22-11-9-12-25(18-22)29-20-30(5,6)26-15-13-24(28)14-16-26/h7,9-16,18,21,23,28H,8,17,19-20H2,1-6H3/b10-7+. The number of phenols is 1. The van der Waals surface area contributed by atoms with Gasteiger partial charge in [-0.1, -0.05) is 75.5 Å². The molecule has 0 bridgehead atoms. The molecule has 1 N–H and O–H groups in total. The van der Waals surface area contributed by atoms with Crippen LogP contribution in [-0.4, -0.2) is 36.9 Å². The van der Waals surface area contributed by atoms with Crippen molar-refractivity contribution in [1.82, 2.24) is 4.90 Å². The fourth-order valence-corrected chi connectivity index (χ4v) is 5.51. The Bertz CT molecular complexity index is 799. The summed E-state index contributed by atoms with van der Waals surface area (Å²) in [7, 11) is -1.74. The van der Waals surface area contributed by atoms with Crippen LogP contribution >= 0.6 is 0 Å². The van der Waals surface area contributed by atoms with Crippen molar-refractivity contribution in [2.75, 3.05) is 12.8 Å². The fraction of sp³-hybridized carbons (Fsp3) is 0.462. The molecular weight excluding hydrogens is 386 g/mol. The monoisotopic (exact) mass is 425 g/mol. The quantitative estimate of drug-likeness (QED) is 0.368. The first-order valence-electron chi connectivity index (χ1n) is 11.1. The van der Waals surface area contributed by atoms with E-state index in [1.165, 1.54) is 17.2 Å². The number of likely N-dealkylation sites (N-methyl/N-ethyl adjacent to an activating group) is 1. The van der Waals surface area contributed by atoms with E-state index in [1.807, 2.05) is 12.1 Å². The molecule has 0 saturated carbocycles. The van der Waals surface area contributed by atoms with E-state index in [-0.39, 0.29) is 0 Å². The van der Waals surface area contributed by atoms with Gasteiger partial charge < -0.3 is 9.84 Å². The summed E-state index contributed by atoms with van der Waals surface area (Å²) in [5, 5.41) is 10.8. The Morgan fingerprint density at radius 2 is 1.80 bits per heavy atom. The van der Waals surface area contributed by atoms with Crippen molar-refractivity contribution in [1.29, 1.82) is 0 Å². The highest BCUT2D eigenvalue weighted by molar-refractivity contribution is 6.89. The Balaban J connectivity index is 2.06. The van der Waals surface area contributed by atoms with Crippen molar-refractivity contribution < 1.29 is 9.84 Å². The molecule has 164 valence electrons. The molecule has 2 aromatic carbocycles. The molecule has 0 saturated heterocycles. The van der Waals surface area contributed by atoms with Crippen molar-refractivity contribution in [3.05, 3.63) is 66.2 Å². The second-order valence-corrected chi connectivity index (χ2v) is 13.8. The summed E-state index contributed by atoms with van der Waals surface area (Å²) in [6.07, 6.45) is 6.38. The first-order chi connectivity index (χ1) is 14.2. The van der Waals surface area contributed by atoms with Gasteiger partial charge in [0.05, 0.1) is 6.23 Å². The number of rotatable bonds is 11. The highest BCUT2D eigenvalue weighted by atomic mass is 28.3. The third kappa shape index (κ3) is 7.33. The maximum Gasteiger partial charge on any atom is 0.124 e. The molecule has 0 amide bonds. The Morgan fingerprint density at radius 1 is 1.10 bits per heavy atom. The lowest BCUT2D eigenvalue weighted by atomic mass is 10.0. The summed E-state index contributed by atoms with van der Waals surface area (Å²) in [5.74, 6) is 1.92. The van der Waals surface area contributed by atoms with Crippen LogP contribution in [0.25, 0.3) is 0 Å². The molecule has 0 fully saturated rings. The second-order valence-electron chi connectivity index (χ2n) is 9.15. The van der Waals surface area contributed by atoms with E-state index in [9.17, 15) is 5.11 Å². The minimum Gasteiger partial charge on any atom is -0.508 e. The molecule has 1 unspecified atom stereocenters. The zero-order valence-electron chi connectivity index (χ0n) is 19.6. The molecule has 0 heterocycles. The van der Waals surface area contributed by atoms with Crippen LogP contribution in [0.15, 0.2) is 60.7 Å². The number of nitrogens with zero attached hydrogens (tertiary/aromatic N) is 1. The van der Waals surface area contributed by atoms with Gasteiger partial charge in [-0.05, 0) is 55.6 Å². The molecular formula is C26H39NO2Si. The van der Waals surface area contributed by atoms with Crippen LogP contribution in [0.3, 0.4) is 0 Å². The minimum atomic E-state index is -1.74. The van der Waals surface area contributed by atoms with Crippen LogP contribution in [0.4, 0.5) is 0 Å². The lowest BCUT2D eigenvalue weighted by Gasteiger charge is -2.30. The largest absolute Gasteiger partial charge is 0.508 e. The van der Waals surface area contributed by atoms with E-state index in [4.69, 9.17) is 4.74 Å². The number of hydrogen-bond acceptors (Lipinski definition) is 3. The Morgan fingerprint density at radius 3 is 2.40 bits per heavy atom. The van der Waals surface area contributed by atoms with E-state index >= 15 is 0 Å². The Labute approximate surface area is 184 Å². The Kier molecular flexibility index (Phi) is 9.19. The van der Waals surface area contributed by atoms with Crippen LogP contribution in [0, 0.1) is 5.92 Å². The van der Waals surface area contributed by atoms with Crippen LogP contribution in [0.5, 0.6) is 11.5 Å². The molecule has 3 nitrogen and oxygen atoms in total. The summed E-state index contributed by atoms with van der Waals surface area (Å²) >= 11 is 0. The number of hydrogen-bond donors (Lipinski definition) is 1. The molecule has 0 aliphatic heterocycles. The normalized spacial score (nSPS) is 13.3. The van der Waals surface area contributed by atoms with Crippen LogP contribution in [0.1, 0.15) is 39.7 Å². The van der Waals surface area contributed by atoms with E-state index in [0.717, 1.165) is 18.8 Å². The number of aromatic hydroxyl groups is 1. The van der Waals surface area contributed by atoms with Crippen molar-refractivity contribution in [3.63, 3.8) is 0 Å². The molecule has 30 heavy (non-hydrogen) atoms. The van der Waals surface area contributed by atoms with E-state index in [2.05, 4.69) is 82.1 Å². The van der Waals surface area contributed by atoms with E-state index < -0.39 is 8.07 Å². The summed E-state index contributed by atoms with van der Waals surface area (Å²) in [4.78, 5) is 2.54. The van der Waals surface area contributed by atoms with Crippen LogP contribution in [0.2, 0.25) is 13.1 Å². The van der Waals surface area contributed by atoms with Crippen LogP contribution < -0.4 is 9.92 Å². The van der Waals surface area contributed by atoms with Crippen molar-refractivity contribution in [2.45, 2.75) is 59.8 Å². The number of ether oxygens (including phenoxy) is 1. The van der Waals surface area contributed by atoms with Gasteiger partial charge in [0.2, 0.25) is 0 Å². The van der Waals surface area contributed by atoms with E-state index in [1.54, 1.807) is 12.1 Å². The number of benzene rings is 2. The molecule has 0 aromatic heterocycles. The first kappa shape index (κ1) is 24.2. The highest BCUT2D eigenvalue weighted by Crippen LogP contribution is 2.20. The van der Waals surface area contributed by atoms with Gasteiger partial charge in [0.25, 0.3) is 0 Å². The minimum absolute atomic E-state index is 0.311. The third-order valence-corrected chi connectivity index (χ3v) is 8.30. The zero-order valence-corrected chi connectivity index (χ0v) is 20.6. The van der Waals surface area contributed by atoms with Crippen molar-refractivity contribution >= 4 is 13.3 Å². The van der Waals surface area contributed by atoms with E-state index in [0.29, 0.717) is 23.9 Å². The lowest BCUT2D eigenvalue weighted by Crippen LogP contribution is -2.47. The predicted molar refractivity (Wildman–Crippen MR) is 131 cm³/mol. The van der Waals surface area contributed by atoms with Gasteiger partial charge in [-0.25, -0.2) is 0 Å². The van der Waals surface area contributed by atoms with Gasteiger partial charge in [0, 0.05) is 12.6 Å². The summed E-state index contributed by atoms with van der Waals surface area (Å²) in [6, 6.07) is 16.6. The highest BCUT2D eigenvalue weighted by Gasteiger charge is 2.25. The van der Waals surface area contributed by atoms with Gasteiger partial charge in [0.1, 0.15) is 19.6 Å². The molecule has 1 atom stereocenters. The predicted octanol–water partition coefficient (Wildman–Crippen LogP) is 5.74. The molecule has 2 rings (SSSR count). The molecule has 0 aliphatic rings. The molecule has 0 aliphatic carbocycles. The topological polar surface area (TPSA) is 32.7 Å². The summed E-state index contributed by atoms with van der Waals surface area (Å²) in [5.41, 5.74) is 1.29. The lowest BCUT2D eigenvalue weighted by molar-refractivity contribution is 0.208. The summed E-state index contributed by atoms with van der Waals surface area (Å²) in [6.45, 7) is 15.5. The molecule has 2 aromatic rings.